The second-order valence-electron chi connectivity index (χ2n) is 20.5. The molecule has 4 aliphatic rings. The van der Waals surface area contributed by atoms with Crippen LogP contribution in [0.1, 0.15) is 86.1 Å². The van der Waals surface area contributed by atoms with Crippen LogP contribution in [0, 0.1) is 36.5 Å². The lowest BCUT2D eigenvalue weighted by molar-refractivity contribution is -0.160. The minimum atomic E-state index is -1.89. The Labute approximate surface area is 417 Å². The molecule has 4 heterocycles. The van der Waals surface area contributed by atoms with Gasteiger partial charge in [0.15, 0.2) is 16.7 Å². The van der Waals surface area contributed by atoms with Gasteiger partial charge in [0, 0.05) is 112 Å². The van der Waals surface area contributed by atoms with Gasteiger partial charge in [-0.2, -0.15) is 0 Å². The maximum atomic E-state index is 15.0. The second-order valence-corrected chi connectivity index (χ2v) is 20.5. The van der Waals surface area contributed by atoms with E-state index >= 15 is 4.79 Å². The number of amides is 1. The first kappa shape index (κ1) is 52.3. The average molecular weight is 996 g/mol. The summed E-state index contributed by atoms with van der Waals surface area (Å²) in [6, 6.07) is 3.22. The molecule has 18 heteroatoms. The summed E-state index contributed by atoms with van der Waals surface area (Å²) in [5.74, 6) is -5.55. The van der Waals surface area contributed by atoms with Crippen LogP contribution < -0.4 is 36.5 Å². The standard InChI is InChI=1S/C54H69N5O13/c1-27-14-13-15-28(2)53(66)56-44-48(65)40-39(43-51(44)71-38-25-35(24-36(61)42(38)55-43)59-21-19-58(20-22-59)26-34-16-11-10-12-17-34)41-50(32(6)47(40)64)72-54(8,52(41)57-67)69-23-18-37(68-9)29(3)49(70-33(7)60)31(5)46(63)30(4)45(27)62/h13-15,18,23-25,27,29-31,34,37,45-46,49,57,62-64,67H,10-12,16-17,19-22,26H2,1-9H3,(H,56,66)/b14-13+,23-18+,28-15-/t27-,29+,30+,31+,37-,45-,46+,49+,54-/m0/s1. The SMILES string of the molecule is CO[C@H]1/C=C/O[C@@]2(C)Oc3c(C)c(O)c4c(=O)c(c5oc6cc(N7CCN(CC8CCCCC8)CC7)cc(=O)c6nc5c4c3=C2NO)NC(=O)/C(C)=C\C=C\[C@H](C)[C@H](O)[C@@H](C)[C@@H](O)[C@@H](C)[C@H](OC(C)=O)[C@@H]1C. The molecule has 4 bridgehead atoms. The third-order valence-corrected chi connectivity index (χ3v) is 15.5. The number of phenolic OH excluding ortho intramolecular Hbond substituents is 1. The number of rotatable bonds is 6. The first-order chi connectivity index (χ1) is 34.3. The summed E-state index contributed by atoms with van der Waals surface area (Å²) in [5.41, 5.74) is 0.901. The van der Waals surface area contributed by atoms with Crippen LogP contribution in [0.25, 0.3) is 38.7 Å². The number of benzene rings is 3. The van der Waals surface area contributed by atoms with Gasteiger partial charge in [-0.3, -0.25) is 34.8 Å². The quantitative estimate of drug-likeness (QED) is 0.0589. The number of piperazine rings is 1. The molecular formula is C54H69N5O13. The first-order valence-corrected chi connectivity index (χ1v) is 25.1. The Morgan fingerprint density at radius 2 is 1.65 bits per heavy atom. The van der Waals surface area contributed by atoms with Crippen molar-refractivity contribution in [1.82, 2.24) is 15.4 Å². The fraction of sp³-hybridized carbons (Fsp3) is 0.537. The molecule has 3 aliphatic heterocycles. The van der Waals surface area contributed by atoms with Crippen LogP contribution >= 0.6 is 0 Å². The number of hydrogen-bond donors (Lipinski definition) is 6. The highest BCUT2D eigenvalue weighted by Crippen LogP contribution is 2.42. The maximum Gasteiger partial charge on any atom is 0.302 e. The number of aliphatic hydroxyl groups is 2. The van der Waals surface area contributed by atoms with Crippen molar-refractivity contribution in [3.8, 4) is 11.5 Å². The molecule has 9 atom stereocenters. The monoisotopic (exact) mass is 995 g/mol. The predicted molar refractivity (Wildman–Crippen MR) is 273 cm³/mol. The van der Waals surface area contributed by atoms with Gasteiger partial charge in [0.05, 0.1) is 35.2 Å². The number of nitrogens with one attached hydrogen (secondary N) is 2. The highest BCUT2D eigenvalue weighted by atomic mass is 16.7. The minimum absolute atomic E-state index is 0.00294. The normalized spacial score (nSPS) is 29.9. The molecule has 0 radical (unpaired) electrons. The highest BCUT2D eigenvalue weighted by Gasteiger charge is 2.44. The number of esters is 1. The Bertz CT molecular complexity index is 3010. The molecule has 4 aromatic rings. The fourth-order valence-corrected chi connectivity index (χ4v) is 11.2. The largest absolute Gasteiger partial charge is 0.507 e. The third kappa shape index (κ3) is 9.91. The third-order valence-electron chi connectivity index (χ3n) is 15.5. The van der Waals surface area contributed by atoms with Gasteiger partial charge < -0.3 is 48.9 Å². The van der Waals surface area contributed by atoms with Crippen molar-refractivity contribution in [2.75, 3.05) is 50.1 Å². The summed E-state index contributed by atoms with van der Waals surface area (Å²) in [7, 11) is 1.45. The number of hydroxylamine groups is 1. The molecule has 2 fully saturated rings. The van der Waals surface area contributed by atoms with Gasteiger partial charge in [-0.15, -0.1) is 0 Å². The maximum absolute atomic E-state index is 15.0. The average Bonchev–Trinajstić information content (AvgIpc) is 3.67. The number of carbonyl (C=O) groups excluding carboxylic acids is 2. The van der Waals surface area contributed by atoms with E-state index in [-0.39, 0.29) is 66.5 Å². The molecule has 1 amide bonds. The van der Waals surface area contributed by atoms with Crippen LogP contribution in [0.4, 0.5) is 11.4 Å². The summed E-state index contributed by atoms with van der Waals surface area (Å²) in [6.45, 7) is 16.8. The van der Waals surface area contributed by atoms with Gasteiger partial charge in [0.2, 0.25) is 10.9 Å². The number of ether oxygens (including phenoxy) is 4. The number of anilines is 2. The van der Waals surface area contributed by atoms with Gasteiger partial charge in [-0.25, -0.2) is 4.98 Å². The van der Waals surface area contributed by atoms with Crippen molar-refractivity contribution in [3.63, 3.8) is 0 Å². The molecular weight excluding hydrogens is 927 g/mol. The van der Waals surface area contributed by atoms with E-state index in [4.69, 9.17) is 28.3 Å². The molecule has 8 rings (SSSR count). The summed E-state index contributed by atoms with van der Waals surface area (Å²) < 4.78 is 31.0. The summed E-state index contributed by atoms with van der Waals surface area (Å²) in [4.78, 5) is 65.4. The van der Waals surface area contributed by atoms with Crippen LogP contribution in [0.15, 0.2) is 62.3 Å². The molecule has 1 saturated heterocycles. The number of allylic oxidation sites excluding steroid dienone is 2. The number of carbonyl (C=O) groups is 2. The molecule has 0 unspecified atom stereocenters. The van der Waals surface area contributed by atoms with Crippen LogP contribution in [0.2, 0.25) is 0 Å². The van der Waals surface area contributed by atoms with Crippen molar-refractivity contribution < 1.29 is 53.5 Å². The van der Waals surface area contributed by atoms with Crippen molar-refractivity contribution in [2.24, 2.45) is 29.6 Å². The molecule has 18 nitrogen and oxygen atoms in total. The molecule has 72 heavy (non-hydrogen) atoms. The first-order valence-electron chi connectivity index (χ1n) is 25.1. The van der Waals surface area contributed by atoms with E-state index in [0.29, 0.717) is 24.7 Å². The van der Waals surface area contributed by atoms with Gasteiger partial charge in [0.25, 0.3) is 11.7 Å². The van der Waals surface area contributed by atoms with Gasteiger partial charge in [-0.1, -0.05) is 65.2 Å². The molecule has 1 aliphatic carbocycles. The minimum Gasteiger partial charge on any atom is -0.507 e. The molecule has 388 valence electrons. The Kier molecular flexibility index (Phi) is 15.4. The molecule has 6 N–H and O–H groups in total. The van der Waals surface area contributed by atoms with E-state index in [1.807, 2.05) is 0 Å². The van der Waals surface area contributed by atoms with Crippen molar-refractivity contribution in [2.45, 2.75) is 118 Å². The summed E-state index contributed by atoms with van der Waals surface area (Å²) >= 11 is 0. The number of hydrogen-bond acceptors (Lipinski definition) is 17. The summed E-state index contributed by atoms with van der Waals surface area (Å²) in [5, 5.41) is 48.5. The number of methoxy groups -OCH3 is 1. The zero-order valence-corrected chi connectivity index (χ0v) is 42.6. The number of fused-ring (bicyclic) bond motifs is 2. The van der Waals surface area contributed by atoms with Crippen LogP contribution in [0.3, 0.4) is 0 Å². The van der Waals surface area contributed by atoms with Crippen molar-refractivity contribution >= 4 is 61.9 Å². The summed E-state index contributed by atoms with van der Waals surface area (Å²) in [6.07, 6.45) is 10.0. The van der Waals surface area contributed by atoms with E-state index in [1.54, 1.807) is 52.0 Å². The highest BCUT2D eigenvalue weighted by molar-refractivity contribution is 6.17. The lowest BCUT2D eigenvalue weighted by Gasteiger charge is -2.38. The van der Waals surface area contributed by atoms with E-state index < -0.39 is 82.4 Å². The Balaban J connectivity index is 1.31. The Hall–Kier alpha value is -6.05. The van der Waals surface area contributed by atoms with Gasteiger partial charge >= 0.3 is 5.97 Å². The Morgan fingerprint density at radius 3 is 2.32 bits per heavy atom. The van der Waals surface area contributed by atoms with E-state index in [2.05, 4.69) is 20.6 Å². The number of nitrogens with zero attached hydrogens (tertiary/aromatic N) is 3. The Morgan fingerprint density at radius 1 is 0.944 bits per heavy atom. The molecule has 1 saturated carbocycles. The zero-order chi connectivity index (χ0) is 51.9. The molecule has 0 spiro atoms. The van der Waals surface area contributed by atoms with Crippen molar-refractivity contribution in [3.05, 3.63) is 79.5 Å². The number of aliphatic hydroxyl groups excluding tert-OH is 2. The van der Waals surface area contributed by atoms with E-state index in [9.17, 15) is 34.9 Å². The molecule has 3 aromatic carbocycles. The van der Waals surface area contributed by atoms with Crippen LogP contribution in [0.5, 0.6) is 11.5 Å². The van der Waals surface area contributed by atoms with Gasteiger partial charge in [0.1, 0.15) is 34.5 Å². The number of aromatic hydroxyl groups is 1. The predicted octanol–water partition coefficient (Wildman–Crippen LogP) is 5.68. The smallest absolute Gasteiger partial charge is 0.302 e. The molecule has 1 aromatic heterocycles. The van der Waals surface area contributed by atoms with Crippen LogP contribution in [-0.4, -0.2) is 112 Å². The number of aromatic nitrogens is 1. The van der Waals surface area contributed by atoms with E-state index in [1.165, 1.54) is 85.3 Å². The van der Waals surface area contributed by atoms with Gasteiger partial charge in [-0.05, 0) is 38.7 Å². The van der Waals surface area contributed by atoms with Crippen molar-refractivity contribution in [1.29, 1.82) is 0 Å². The second kappa shape index (κ2) is 21.2. The van der Waals surface area contributed by atoms with E-state index in [0.717, 1.165) is 19.6 Å². The zero-order valence-electron chi connectivity index (χ0n) is 42.6. The lowest BCUT2D eigenvalue weighted by Crippen LogP contribution is -2.48. The fourth-order valence-electron chi connectivity index (χ4n) is 11.2. The lowest BCUT2D eigenvalue weighted by atomic mass is 9.78. The van der Waals surface area contributed by atoms with Crippen LogP contribution in [-0.2, 0) is 23.8 Å². The topological polar surface area (TPSA) is 243 Å². The number of phenols is 1.